The van der Waals surface area contributed by atoms with E-state index in [0.717, 1.165) is 53.3 Å². The monoisotopic (exact) mass is 402 g/mol. The number of fused-ring (bicyclic) bond motifs is 2. The molecule has 3 aromatic rings. The van der Waals surface area contributed by atoms with Gasteiger partial charge in [0, 0.05) is 17.7 Å². The van der Waals surface area contributed by atoms with Gasteiger partial charge in [0.2, 0.25) is 5.91 Å². The number of para-hydroxylation sites is 1. The predicted molar refractivity (Wildman–Crippen MR) is 113 cm³/mol. The number of carbonyl (C=O) groups excluding carboxylic acids is 2. The fourth-order valence-corrected chi connectivity index (χ4v) is 4.04. The van der Waals surface area contributed by atoms with Crippen LogP contribution in [0.15, 0.2) is 48.5 Å². The number of rotatable bonds is 5. The molecule has 5 rings (SSSR count). The molecule has 0 spiro atoms. The van der Waals surface area contributed by atoms with Crippen molar-refractivity contribution in [1.29, 1.82) is 0 Å². The van der Waals surface area contributed by atoms with Crippen LogP contribution in [0.5, 0.6) is 5.75 Å². The second-order valence-corrected chi connectivity index (χ2v) is 7.58. The van der Waals surface area contributed by atoms with Gasteiger partial charge in [0.05, 0.1) is 11.4 Å². The molecule has 152 valence electrons. The first-order valence-corrected chi connectivity index (χ1v) is 10.2. The van der Waals surface area contributed by atoms with E-state index < -0.39 is 0 Å². The Kier molecular flexibility index (Phi) is 4.71. The van der Waals surface area contributed by atoms with Gasteiger partial charge in [0.25, 0.3) is 5.91 Å². The van der Waals surface area contributed by atoms with Crippen LogP contribution >= 0.6 is 0 Å². The van der Waals surface area contributed by atoms with Gasteiger partial charge in [-0.05, 0) is 61.6 Å². The van der Waals surface area contributed by atoms with Crippen molar-refractivity contribution in [3.8, 4) is 11.4 Å². The van der Waals surface area contributed by atoms with Gasteiger partial charge < -0.3 is 15.4 Å². The number of aromatic nitrogens is 2. The van der Waals surface area contributed by atoms with Crippen LogP contribution in [0.3, 0.4) is 0 Å². The molecule has 0 atom stereocenters. The van der Waals surface area contributed by atoms with E-state index in [1.807, 2.05) is 47.1 Å². The van der Waals surface area contributed by atoms with Gasteiger partial charge in [-0.2, -0.15) is 5.10 Å². The van der Waals surface area contributed by atoms with E-state index in [-0.39, 0.29) is 18.4 Å². The lowest BCUT2D eigenvalue weighted by Crippen LogP contribution is -2.23. The van der Waals surface area contributed by atoms with Gasteiger partial charge in [-0.1, -0.05) is 18.2 Å². The first-order valence-electron chi connectivity index (χ1n) is 10.2. The first-order chi connectivity index (χ1) is 14.7. The Morgan fingerprint density at radius 3 is 2.83 bits per heavy atom. The lowest BCUT2D eigenvalue weighted by molar-refractivity contribution is -0.118. The van der Waals surface area contributed by atoms with Gasteiger partial charge in [0.15, 0.2) is 6.61 Å². The maximum Gasteiger partial charge on any atom is 0.263 e. The molecular weight excluding hydrogens is 380 g/mol. The molecule has 1 aliphatic heterocycles. The molecule has 2 aliphatic rings. The third-order valence-electron chi connectivity index (χ3n) is 5.51. The molecule has 7 nitrogen and oxygen atoms in total. The fraction of sp³-hybridized carbons (Fsp3) is 0.261. The average molecular weight is 402 g/mol. The van der Waals surface area contributed by atoms with Crippen LogP contribution in [0.25, 0.3) is 5.69 Å². The minimum atomic E-state index is -0.229. The predicted octanol–water partition coefficient (Wildman–Crippen LogP) is 3.26. The average Bonchev–Trinajstić information content (AvgIpc) is 3.35. The topological polar surface area (TPSA) is 85.2 Å². The zero-order chi connectivity index (χ0) is 20.5. The molecule has 0 fully saturated rings. The van der Waals surface area contributed by atoms with Crippen LogP contribution in [0.4, 0.5) is 11.5 Å². The zero-order valence-corrected chi connectivity index (χ0v) is 16.5. The summed E-state index contributed by atoms with van der Waals surface area (Å²) in [6.07, 6.45) is 4.03. The molecule has 0 saturated heterocycles. The van der Waals surface area contributed by atoms with Crippen LogP contribution in [-0.2, 0) is 28.9 Å². The summed E-state index contributed by atoms with van der Waals surface area (Å²) in [4.78, 5) is 24.2. The molecule has 30 heavy (non-hydrogen) atoms. The van der Waals surface area contributed by atoms with Gasteiger partial charge in [-0.25, -0.2) is 4.68 Å². The molecule has 0 unspecified atom stereocenters. The van der Waals surface area contributed by atoms with E-state index in [0.29, 0.717) is 18.6 Å². The van der Waals surface area contributed by atoms with Gasteiger partial charge in [-0.3, -0.25) is 9.59 Å². The summed E-state index contributed by atoms with van der Waals surface area (Å²) >= 11 is 0. The second kappa shape index (κ2) is 7.67. The number of anilines is 2. The highest BCUT2D eigenvalue weighted by atomic mass is 16.5. The van der Waals surface area contributed by atoms with Gasteiger partial charge >= 0.3 is 0 Å². The van der Waals surface area contributed by atoms with Crippen LogP contribution < -0.4 is 15.4 Å². The number of nitrogens with one attached hydrogen (secondary N) is 2. The summed E-state index contributed by atoms with van der Waals surface area (Å²) in [6.45, 7) is -0.0973. The largest absolute Gasteiger partial charge is 0.484 e. The second-order valence-electron chi connectivity index (χ2n) is 7.58. The first kappa shape index (κ1) is 18.4. The van der Waals surface area contributed by atoms with Crippen molar-refractivity contribution >= 4 is 23.3 Å². The molecule has 0 bridgehead atoms. The highest BCUT2D eigenvalue weighted by Crippen LogP contribution is 2.31. The summed E-state index contributed by atoms with van der Waals surface area (Å²) in [6, 6.07) is 15.3. The van der Waals surface area contributed by atoms with Crippen molar-refractivity contribution in [1.82, 2.24) is 9.78 Å². The smallest absolute Gasteiger partial charge is 0.263 e. The Morgan fingerprint density at radius 1 is 1.10 bits per heavy atom. The summed E-state index contributed by atoms with van der Waals surface area (Å²) in [7, 11) is 0. The van der Waals surface area contributed by atoms with Crippen LogP contribution in [-0.4, -0.2) is 28.2 Å². The maximum atomic E-state index is 12.7. The molecule has 2 amide bonds. The van der Waals surface area contributed by atoms with Crippen LogP contribution in [0.1, 0.15) is 29.7 Å². The number of amides is 2. The zero-order valence-electron chi connectivity index (χ0n) is 16.5. The third kappa shape index (κ3) is 3.54. The quantitative estimate of drug-likeness (QED) is 0.686. The number of aryl methyl sites for hydroxylation is 2. The third-order valence-corrected chi connectivity index (χ3v) is 5.51. The Balaban J connectivity index is 1.30. The van der Waals surface area contributed by atoms with E-state index in [4.69, 9.17) is 9.84 Å². The lowest BCUT2D eigenvalue weighted by Gasteiger charge is -2.17. The summed E-state index contributed by atoms with van der Waals surface area (Å²) in [5.74, 6) is 1.14. The van der Waals surface area contributed by atoms with Crippen molar-refractivity contribution in [3.05, 3.63) is 65.4 Å². The molecule has 0 radical (unpaired) electrons. The van der Waals surface area contributed by atoms with E-state index in [9.17, 15) is 9.59 Å². The van der Waals surface area contributed by atoms with E-state index in [1.54, 1.807) is 6.07 Å². The normalized spacial score (nSPS) is 14.6. The number of hydrogen-bond donors (Lipinski definition) is 2. The lowest BCUT2D eigenvalue weighted by atomic mass is 10.0. The molecule has 0 saturated carbocycles. The van der Waals surface area contributed by atoms with E-state index in [1.165, 1.54) is 0 Å². The molecule has 1 aliphatic carbocycles. The Morgan fingerprint density at radius 2 is 1.97 bits per heavy atom. The Bertz CT molecular complexity index is 1120. The van der Waals surface area contributed by atoms with Crippen molar-refractivity contribution in [2.24, 2.45) is 0 Å². The summed E-state index contributed by atoms with van der Waals surface area (Å²) < 4.78 is 7.53. The van der Waals surface area contributed by atoms with Crippen molar-refractivity contribution in [2.45, 2.75) is 32.1 Å². The number of ether oxygens (including phenoxy) is 1. The molecule has 2 aromatic carbocycles. The van der Waals surface area contributed by atoms with Crippen LogP contribution in [0.2, 0.25) is 0 Å². The number of hydrogen-bond acceptors (Lipinski definition) is 4. The van der Waals surface area contributed by atoms with Crippen molar-refractivity contribution < 1.29 is 14.3 Å². The van der Waals surface area contributed by atoms with Crippen molar-refractivity contribution in [2.75, 3.05) is 17.2 Å². The molecule has 7 heteroatoms. The van der Waals surface area contributed by atoms with Crippen molar-refractivity contribution in [3.63, 3.8) is 0 Å². The van der Waals surface area contributed by atoms with E-state index in [2.05, 4.69) is 10.6 Å². The Hall–Kier alpha value is -3.61. The van der Waals surface area contributed by atoms with Gasteiger partial charge in [0.1, 0.15) is 11.6 Å². The Labute approximate surface area is 174 Å². The molecule has 2 N–H and O–H groups in total. The number of benzene rings is 2. The maximum absolute atomic E-state index is 12.7. The van der Waals surface area contributed by atoms with E-state index >= 15 is 0 Å². The highest BCUT2D eigenvalue weighted by molar-refractivity contribution is 5.94. The highest BCUT2D eigenvalue weighted by Gasteiger charge is 2.24. The molecule has 1 aromatic heterocycles. The summed E-state index contributed by atoms with van der Waals surface area (Å²) in [5.41, 5.74) is 4.90. The standard InChI is InChI=1S/C23H22N4O3/c28-21-12-9-15-13-17(10-11-19(15)24-21)30-14-22(29)25-23-18-7-4-8-20(18)26-27(23)16-5-2-1-3-6-16/h1-3,5-6,10-11,13H,4,7-9,12,14H2,(H,24,28)(H,25,29). The number of nitrogens with zero attached hydrogens (tertiary/aromatic N) is 2. The molecule has 2 heterocycles. The fourth-order valence-electron chi connectivity index (χ4n) is 4.04. The SMILES string of the molecule is O=C1CCc2cc(OCC(=O)Nc3c4c(nn3-c3ccccc3)CCC4)ccc2N1. The number of carbonyl (C=O) groups is 2. The minimum Gasteiger partial charge on any atom is -0.484 e. The minimum absolute atomic E-state index is 0.0260. The molecular formula is C23H22N4O3. The van der Waals surface area contributed by atoms with Crippen LogP contribution in [0, 0.1) is 0 Å². The van der Waals surface area contributed by atoms with Gasteiger partial charge in [-0.15, -0.1) is 0 Å². The summed E-state index contributed by atoms with van der Waals surface area (Å²) in [5, 5.41) is 10.6.